The van der Waals surface area contributed by atoms with Crippen LogP contribution in [0.15, 0.2) is 18.2 Å². The minimum absolute atomic E-state index is 0.266. The molecule has 0 radical (unpaired) electrons. The SMILES string of the molecule is CC(C)(C)CCCC(O)Cc1ccc(F)c(F)c1. The van der Waals surface area contributed by atoms with Crippen LogP contribution < -0.4 is 0 Å². The lowest BCUT2D eigenvalue weighted by Crippen LogP contribution is -2.13. The lowest BCUT2D eigenvalue weighted by atomic mass is 9.89. The molecule has 1 rings (SSSR count). The van der Waals surface area contributed by atoms with Gasteiger partial charge in [0, 0.05) is 0 Å². The van der Waals surface area contributed by atoms with Gasteiger partial charge in [0.25, 0.3) is 0 Å². The van der Waals surface area contributed by atoms with Gasteiger partial charge in [-0.3, -0.25) is 0 Å². The van der Waals surface area contributed by atoms with Crippen molar-refractivity contribution in [1.82, 2.24) is 0 Å². The Kier molecular flexibility index (Phi) is 5.27. The van der Waals surface area contributed by atoms with E-state index in [4.69, 9.17) is 0 Å². The summed E-state index contributed by atoms with van der Waals surface area (Å²) in [4.78, 5) is 0. The fraction of sp³-hybridized carbons (Fsp3) is 0.600. The second kappa shape index (κ2) is 6.28. The third-order valence-electron chi connectivity index (χ3n) is 2.92. The van der Waals surface area contributed by atoms with E-state index in [0.29, 0.717) is 18.4 Å². The summed E-state index contributed by atoms with van der Waals surface area (Å²) in [5.74, 6) is -1.70. The Morgan fingerprint density at radius 3 is 2.39 bits per heavy atom. The molecule has 1 aromatic carbocycles. The van der Waals surface area contributed by atoms with E-state index in [0.717, 1.165) is 25.0 Å². The van der Waals surface area contributed by atoms with E-state index < -0.39 is 17.7 Å². The summed E-state index contributed by atoms with van der Waals surface area (Å²) in [6, 6.07) is 3.78. The van der Waals surface area contributed by atoms with Gasteiger partial charge in [-0.25, -0.2) is 8.78 Å². The van der Waals surface area contributed by atoms with Crippen LogP contribution in [-0.4, -0.2) is 11.2 Å². The summed E-state index contributed by atoms with van der Waals surface area (Å²) < 4.78 is 25.7. The summed E-state index contributed by atoms with van der Waals surface area (Å²) in [7, 11) is 0. The van der Waals surface area contributed by atoms with Crippen molar-refractivity contribution >= 4 is 0 Å². The molecular formula is C15H22F2O. The molecule has 0 amide bonds. The molecule has 0 saturated carbocycles. The maximum absolute atomic E-state index is 13.0. The Morgan fingerprint density at radius 2 is 1.83 bits per heavy atom. The molecule has 1 N–H and O–H groups in total. The Hall–Kier alpha value is -0.960. The first-order chi connectivity index (χ1) is 8.28. The van der Waals surface area contributed by atoms with Crippen LogP contribution in [0.25, 0.3) is 0 Å². The summed E-state index contributed by atoms with van der Waals surface area (Å²) in [5.41, 5.74) is 0.902. The van der Waals surface area contributed by atoms with Crippen molar-refractivity contribution in [2.75, 3.05) is 0 Å². The third kappa shape index (κ3) is 5.58. The van der Waals surface area contributed by atoms with E-state index in [9.17, 15) is 13.9 Å². The van der Waals surface area contributed by atoms with E-state index in [2.05, 4.69) is 20.8 Å². The number of hydrogen-bond donors (Lipinski definition) is 1. The minimum atomic E-state index is -0.852. The summed E-state index contributed by atoms with van der Waals surface area (Å²) in [6.07, 6.45) is 2.56. The molecule has 1 atom stereocenters. The van der Waals surface area contributed by atoms with Gasteiger partial charge in [-0.05, 0) is 42.4 Å². The van der Waals surface area contributed by atoms with Gasteiger partial charge in [0.2, 0.25) is 0 Å². The predicted octanol–water partition coefficient (Wildman–Crippen LogP) is 4.08. The molecule has 0 heterocycles. The molecule has 1 nitrogen and oxygen atoms in total. The van der Waals surface area contributed by atoms with Gasteiger partial charge in [0.1, 0.15) is 0 Å². The van der Waals surface area contributed by atoms with Crippen LogP contribution in [0.5, 0.6) is 0 Å². The summed E-state index contributed by atoms with van der Waals surface area (Å²) in [6.45, 7) is 6.48. The van der Waals surface area contributed by atoms with E-state index in [1.165, 1.54) is 6.07 Å². The summed E-state index contributed by atoms with van der Waals surface area (Å²) in [5, 5.41) is 9.84. The first kappa shape index (κ1) is 15.1. The topological polar surface area (TPSA) is 20.2 Å². The van der Waals surface area contributed by atoms with Gasteiger partial charge in [-0.1, -0.05) is 33.3 Å². The van der Waals surface area contributed by atoms with Crippen molar-refractivity contribution in [3.63, 3.8) is 0 Å². The number of aliphatic hydroxyl groups is 1. The number of benzene rings is 1. The van der Waals surface area contributed by atoms with Crippen molar-refractivity contribution in [3.8, 4) is 0 Å². The molecule has 18 heavy (non-hydrogen) atoms. The van der Waals surface area contributed by atoms with Crippen molar-refractivity contribution < 1.29 is 13.9 Å². The third-order valence-corrected chi connectivity index (χ3v) is 2.92. The van der Waals surface area contributed by atoms with E-state index in [1.807, 2.05) is 0 Å². The van der Waals surface area contributed by atoms with Gasteiger partial charge in [-0.15, -0.1) is 0 Å². The number of halogens is 2. The fourth-order valence-electron chi connectivity index (χ4n) is 1.91. The highest BCUT2D eigenvalue weighted by Gasteiger charge is 2.12. The van der Waals surface area contributed by atoms with Gasteiger partial charge in [0.15, 0.2) is 11.6 Å². The smallest absolute Gasteiger partial charge is 0.159 e. The second-order valence-electron chi connectivity index (χ2n) is 6.06. The van der Waals surface area contributed by atoms with Crippen LogP contribution in [0.4, 0.5) is 8.78 Å². The zero-order chi connectivity index (χ0) is 13.8. The molecule has 0 saturated heterocycles. The van der Waals surface area contributed by atoms with Crippen LogP contribution in [0, 0.1) is 17.0 Å². The van der Waals surface area contributed by atoms with Crippen molar-refractivity contribution in [3.05, 3.63) is 35.4 Å². The zero-order valence-electron chi connectivity index (χ0n) is 11.3. The number of aliphatic hydroxyl groups excluding tert-OH is 1. The van der Waals surface area contributed by atoms with Crippen LogP contribution in [0.1, 0.15) is 45.6 Å². The molecule has 0 aliphatic carbocycles. The average molecular weight is 256 g/mol. The molecule has 0 aromatic heterocycles. The quantitative estimate of drug-likeness (QED) is 0.841. The maximum atomic E-state index is 13.0. The molecule has 1 aromatic rings. The zero-order valence-corrected chi connectivity index (χ0v) is 11.3. The van der Waals surface area contributed by atoms with Gasteiger partial charge < -0.3 is 5.11 Å². The molecule has 0 bridgehead atoms. The Balaban J connectivity index is 2.40. The lowest BCUT2D eigenvalue weighted by Gasteiger charge is -2.19. The lowest BCUT2D eigenvalue weighted by molar-refractivity contribution is 0.155. The monoisotopic (exact) mass is 256 g/mol. The molecular weight excluding hydrogens is 234 g/mol. The highest BCUT2D eigenvalue weighted by Crippen LogP contribution is 2.22. The maximum Gasteiger partial charge on any atom is 0.159 e. The van der Waals surface area contributed by atoms with Gasteiger partial charge in [-0.2, -0.15) is 0 Å². The molecule has 0 aliphatic rings. The predicted molar refractivity (Wildman–Crippen MR) is 69.4 cm³/mol. The van der Waals surface area contributed by atoms with E-state index in [-0.39, 0.29) is 5.41 Å². The highest BCUT2D eigenvalue weighted by atomic mass is 19.2. The minimum Gasteiger partial charge on any atom is -0.393 e. The standard InChI is InChI=1S/C15H22F2O/c1-15(2,3)8-4-5-12(18)9-11-6-7-13(16)14(17)10-11/h6-7,10,12,18H,4-5,8-9H2,1-3H3. The highest BCUT2D eigenvalue weighted by molar-refractivity contribution is 5.18. The van der Waals surface area contributed by atoms with Crippen molar-refractivity contribution in [2.45, 2.75) is 52.6 Å². The van der Waals surface area contributed by atoms with Crippen LogP contribution in [0.3, 0.4) is 0 Å². The summed E-state index contributed by atoms with van der Waals surface area (Å²) >= 11 is 0. The van der Waals surface area contributed by atoms with Crippen LogP contribution >= 0.6 is 0 Å². The van der Waals surface area contributed by atoms with Crippen LogP contribution in [0.2, 0.25) is 0 Å². The fourth-order valence-corrected chi connectivity index (χ4v) is 1.91. The molecule has 0 fully saturated rings. The Bertz CT molecular complexity index is 383. The average Bonchev–Trinajstić information content (AvgIpc) is 2.21. The molecule has 1 unspecified atom stereocenters. The Labute approximate surface area is 108 Å². The first-order valence-corrected chi connectivity index (χ1v) is 6.40. The number of rotatable bonds is 5. The van der Waals surface area contributed by atoms with Gasteiger partial charge >= 0.3 is 0 Å². The normalized spacial score (nSPS) is 13.7. The van der Waals surface area contributed by atoms with E-state index in [1.54, 1.807) is 0 Å². The van der Waals surface area contributed by atoms with Crippen LogP contribution in [-0.2, 0) is 6.42 Å². The van der Waals surface area contributed by atoms with E-state index >= 15 is 0 Å². The molecule has 102 valence electrons. The second-order valence-corrected chi connectivity index (χ2v) is 6.06. The van der Waals surface area contributed by atoms with Crippen molar-refractivity contribution in [2.24, 2.45) is 5.41 Å². The molecule has 3 heteroatoms. The number of hydrogen-bond acceptors (Lipinski definition) is 1. The first-order valence-electron chi connectivity index (χ1n) is 6.40. The Morgan fingerprint density at radius 1 is 1.17 bits per heavy atom. The van der Waals surface area contributed by atoms with Crippen molar-refractivity contribution in [1.29, 1.82) is 0 Å². The molecule has 0 aliphatic heterocycles. The largest absolute Gasteiger partial charge is 0.393 e. The molecule has 0 spiro atoms. The van der Waals surface area contributed by atoms with Gasteiger partial charge in [0.05, 0.1) is 6.10 Å².